The van der Waals surface area contributed by atoms with Gasteiger partial charge in [-0.2, -0.15) is 5.10 Å². The fourth-order valence-corrected chi connectivity index (χ4v) is 1.36. The monoisotopic (exact) mass is 183 g/mol. The Hall–Kier alpha value is -0.900. The highest BCUT2D eigenvalue weighted by Gasteiger charge is 2.08. The Balaban J connectivity index is 2.24. The van der Waals surface area contributed by atoms with Gasteiger partial charge < -0.3 is 4.90 Å². The SMILES string of the molecule is CN(C)CC(=O)NN=C1CCCC1. The molecule has 1 aliphatic carbocycles. The van der Waals surface area contributed by atoms with E-state index in [1.807, 2.05) is 19.0 Å². The molecule has 1 fully saturated rings. The van der Waals surface area contributed by atoms with Crippen molar-refractivity contribution in [2.45, 2.75) is 25.7 Å². The van der Waals surface area contributed by atoms with Gasteiger partial charge in [0.05, 0.1) is 6.54 Å². The highest BCUT2D eigenvalue weighted by atomic mass is 16.2. The Kier molecular flexibility index (Phi) is 3.89. The average Bonchev–Trinajstić information content (AvgIpc) is 2.51. The van der Waals surface area contributed by atoms with E-state index in [4.69, 9.17) is 0 Å². The van der Waals surface area contributed by atoms with E-state index in [1.165, 1.54) is 12.8 Å². The predicted molar refractivity (Wildman–Crippen MR) is 52.6 cm³/mol. The Morgan fingerprint density at radius 1 is 1.46 bits per heavy atom. The van der Waals surface area contributed by atoms with Crippen LogP contribution in [0.25, 0.3) is 0 Å². The van der Waals surface area contributed by atoms with Gasteiger partial charge in [-0.3, -0.25) is 4.79 Å². The van der Waals surface area contributed by atoms with Crippen LogP contribution < -0.4 is 5.43 Å². The van der Waals surface area contributed by atoms with E-state index in [1.54, 1.807) is 0 Å². The summed E-state index contributed by atoms with van der Waals surface area (Å²) in [6.45, 7) is 0.400. The average molecular weight is 183 g/mol. The quantitative estimate of drug-likeness (QED) is 0.651. The molecule has 1 N–H and O–H groups in total. The van der Waals surface area contributed by atoms with Crippen molar-refractivity contribution in [1.82, 2.24) is 10.3 Å². The van der Waals surface area contributed by atoms with E-state index in [2.05, 4.69) is 10.5 Å². The number of hydrogen-bond donors (Lipinski definition) is 1. The molecule has 74 valence electrons. The molecule has 0 unspecified atom stereocenters. The summed E-state index contributed by atoms with van der Waals surface area (Å²) in [5.74, 6) is -0.0376. The third-order valence-electron chi connectivity index (χ3n) is 1.98. The molecule has 0 spiro atoms. The number of carbonyl (C=O) groups excluding carboxylic acids is 1. The molecule has 1 rings (SSSR count). The molecule has 0 atom stereocenters. The summed E-state index contributed by atoms with van der Waals surface area (Å²) in [5.41, 5.74) is 3.69. The van der Waals surface area contributed by atoms with Crippen molar-refractivity contribution in [3.05, 3.63) is 0 Å². The summed E-state index contributed by atoms with van der Waals surface area (Å²) in [5, 5.41) is 4.07. The molecular weight excluding hydrogens is 166 g/mol. The van der Waals surface area contributed by atoms with Gasteiger partial charge in [0.15, 0.2) is 0 Å². The summed E-state index contributed by atoms with van der Waals surface area (Å²) in [7, 11) is 3.73. The van der Waals surface area contributed by atoms with Crippen LogP contribution in [0.3, 0.4) is 0 Å². The number of carbonyl (C=O) groups is 1. The second-order valence-corrected chi connectivity index (χ2v) is 3.66. The lowest BCUT2D eigenvalue weighted by Crippen LogP contribution is -2.30. The third kappa shape index (κ3) is 4.03. The molecule has 0 aromatic carbocycles. The summed E-state index contributed by atoms with van der Waals surface area (Å²) >= 11 is 0. The molecule has 4 heteroatoms. The second-order valence-electron chi connectivity index (χ2n) is 3.66. The molecule has 0 saturated heterocycles. The van der Waals surface area contributed by atoms with E-state index in [-0.39, 0.29) is 5.91 Å². The van der Waals surface area contributed by atoms with Crippen molar-refractivity contribution in [2.24, 2.45) is 5.10 Å². The predicted octanol–water partition coefficient (Wildman–Crippen LogP) is 0.594. The van der Waals surface area contributed by atoms with Crippen LogP contribution in [0.1, 0.15) is 25.7 Å². The van der Waals surface area contributed by atoms with Crippen LogP contribution in [-0.2, 0) is 4.79 Å². The molecule has 0 heterocycles. The number of nitrogens with zero attached hydrogens (tertiary/aromatic N) is 2. The maximum Gasteiger partial charge on any atom is 0.254 e. The normalized spacial score (nSPS) is 16.4. The van der Waals surface area contributed by atoms with Crippen molar-refractivity contribution < 1.29 is 4.79 Å². The molecular formula is C9H17N3O. The number of amides is 1. The fourth-order valence-electron chi connectivity index (χ4n) is 1.36. The van der Waals surface area contributed by atoms with Crippen LogP contribution in [0.2, 0.25) is 0 Å². The highest BCUT2D eigenvalue weighted by Crippen LogP contribution is 2.13. The second kappa shape index (κ2) is 4.97. The first-order valence-electron chi connectivity index (χ1n) is 4.67. The van der Waals surface area contributed by atoms with E-state index in [0.717, 1.165) is 18.6 Å². The van der Waals surface area contributed by atoms with Crippen molar-refractivity contribution in [2.75, 3.05) is 20.6 Å². The summed E-state index contributed by atoms with van der Waals surface area (Å²) < 4.78 is 0. The van der Waals surface area contributed by atoms with Gasteiger partial charge in [-0.25, -0.2) is 5.43 Å². The van der Waals surface area contributed by atoms with Crippen molar-refractivity contribution in [3.8, 4) is 0 Å². The van der Waals surface area contributed by atoms with Crippen LogP contribution in [0, 0.1) is 0 Å². The van der Waals surface area contributed by atoms with Gasteiger partial charge in [-0.05, 0) is 39.8 Å². The van der Waals surface area contributed by atoms with Crippen molar-refractivity contribution in [1.29, 1.82) is 0 Å². The summed E-state index contributed by atoms with van der Waals surface area (Å²) in [4.78, 5) is 13.0. The zero-order chi connectivity index (χ0) is 9.68. The Labute approximate surface area is 79.0 Å². The minimum Gasteiger partial charge on any atom is -0.301 e. The van der Waals surface area contributed by atoms with Crippen LogP contribution in [0.4, 0.5) is 0 Å². The Morgan fingerprint density at radius 2 is 2.08 bits per heavy atom. The molecule has 4 nitrogen and oxygen atoms in total. The maximum atomic E-state index is 11.2. The van der Waals surface area contributed by atoms with Crippen LogP contribution in [0.5, 0.6) is 0 Å². The van der Waals surface area contributed by atoms with E-state index in [0.29, 0.717) is 6.54 Å². The van der Waals surface area contributed by atoms with Crippen LogP contribution in [0.15, 0.2) is 5.10 Å². The number of hydrogen-bond acceptors (Lipinski definition) is 3. The lowest BCUT2D eigenvalue weighted by molar-refractivity contribution is -0.121. The van der Waals surface area contributed by atoms with E-state index in [9.17, 15) is 4.79 Å². The number of nitrogens with one attached hydrogen (secondary N) is 1. The van der Waals surface area contributed by atoms with Gasteiger partial charge in [0.2, 0.25) is 0 Å². The first-order valence-corrected chi connectivity index (χ1v) is 4.67. The molecule has 0 aromatic heterocycles. The fraction of sp³-hybridized carbons (Fsp3) is 0.778. The van der Waals surface area contributed by atoms with E-state index < -0.39 is 0 Å². The maximum absolute atomic E-state index is 11.2. The third-order valence-corrected chi connectivity index (χ3v) is 1.98. The van der Waals surface area contributed by atoms with Gasteiger partial charge in [0.1, 0.15) is 0 Å². The largest absolute Gasteiger partial charge is 0.301 e. The summed E-state index contributed by atoms with van der Waals surface area (Å²) in [6, 6.07) is 0. The molecule has 1 aliphatic rings. The smallest absolute Gasteiger partial charge is 0.254 e. The standard InChI is InChI=1S/C9H17N3O/c1-12(2)7-9(13)11-10-8-5-3-4-6-8/h3-7H2,1-2H3,(H,11,13). The number of hydrazone groups is 1. The molecule has 1 amide bonds. The van der Waals surface area contributed by atoms with Gasteiger partial charge in [0.25, 0.3) is 5.91 Å². The van der Waals surface area contributed by atoms with Crippen molar-refractivity contribution in [3.63, 3.8) is 0 Å². The number of rotatable bonds is 3. The van der Waals surface area contributed by atoms with E-state index >= 15 is 0 Å². The molecule has 0 aromatic rings. The first kappa shape index (κ1) is 10.2. The molecule has 0 bridgehead atoms. The Morgan fingerprint density at radius 3 is 2.62 bits per heavy atom. The van der Waals surface area contributed by atoms with Gasteiger partial charge in [-0.15, -0.1) is 0 Å². The van der Waals surface area contributed by atoms with Gasteiger partial charge >= 0.3 is 0 Å². The van der Waals surface area contributed by atoms with Crippen LogP contribution in [-0.4, -0.2) is 37.2 Å². The lowest BCUT2D eigenvalue weighted by Gasteiger charge is -2.07. The van der Waals surface area contributed by atoms with Crippen LogP contribution >= 0.6 is 0 Å². The topological polar surface area (TPSA) is 44.7 Å². The minimum absolute atomic E-state index is 0.0376. The minimum atomic E-state index is -0.0376. The summed E-state index contributed by atoms with van der Waals surface area (Å²) in [6.07, 6.45) is 4.51. The zero-order valence-corrected chi connectivity index (χ0v) is 8.34. The van der Waals surface area contributed by atoms with Gasteiger partial charge in [-0.1, -0.05) is 0 Å². The van der Waals surface area contributed by atoms with Crippen molar-refractivity contribution >= 4 is 11.6 Å². The highest BCUT2D eigenvalue weighted by molar-refractivity contribution is 5.87. The molecule has 0 radical (unpaired) electrons. The van der Waals surface area contributed by atoms with Gasteiger partial charge in [0, 0.05) is 5.71 Å². The lowest BCUT2D eigenvalue weighted by atomic mass is 10.3. The zero-order valence-electron chi connectivity index (χ0n) is 8.34. The first-order chi connectivity index (χ1) is 6.18. The molecule has 0 aliphatic heterocycles. The number of likely N-dealkylation sites (N-methyl/N-ethyl adjacent to an activating group) is 1. The Bertz CT molecular complexity index is 203. The molecule has 13 heavy (non-hydrogen) atoms. The molecule has 1 saturated carbocycles.